The number of aliphatic hydroxyl groups excluding tert-OH is 1. The number of likely N-dealkylation sites (tertiary alicyclic amines) is 1. The molecule has 3 rings (SSSR count). The first-order valence-electron chi connectivity index (χ1n) is 8.31. The summed E-state index contributed by atoms with van der Waals surface area (Å²) in [4.78, 5) is 14.6. The standard InChI is InChI=1S/C18H25NO3/c20-13-16-3-1-2-14(11-16)10-15-4-7-19(12-15)18(21)17-5-8-22-9-6-17/h1-3,11,15,17,20H,4-10,12-13H2/t15-/m0/s1. The summed E-state index contributed by atoms with van der Waals surface area (Å²) in [6.07, 6.45) is 3.82. The van der Waals surface area contributed by atoms with Crippen molar-refractivity contribution in [2.45, 2.75) is 32.3 Å². The van der Waals surface area contributed by atoms with E-state index in [0.717, 1.165) is 57.6 Å². The van der Waals surface area contributed by atoms with Crippen molar-refractivity contribution in [3.8, 4) is 0 Å². The van der Waals surface area contributed by atoms with Crippen molar-refractivity contribution in [2.24, 2.45) is 11.8 Å². The number of hydrogen-bond donors (Lipinski definition) is 1. The van der Waals surface area contributed by atoms with E-state index in [4.69, 9.17) is 4.74 Å². The Morgan fingerprint density at radius 3 is 2.77 bits per heavy atom. The molecule has 2 saturated heterocycles. The van der Waals surface area contributed by atoms with Gasteiger partial charge in [0.15, 0.2) is 0 Å². The SMILES string of the molecule is O=C(C1CCOCC1)N1CC[C@@H](Cc2cccc(CO)c2)C1. The number of carbonyl (C=O) groups is 1. The van der Waals surface area contributed by atoms with E-state index in [1.165, 1.54) is 5.56 Å². The Labute approximate surface area is 132 Å². The summed E-state index contributed by atoms with van der Waals surface area (Å²) >= 11 is 0. The molecule has 2 fully saturated rings. The highest BCUT2D eigenvalue weighted by molar-refractivity contribution is 5.79. The summed E-state index contributed by atoms with van der Waals surface area (Å²) in [5.74, 6) is 1.04. The topological polar surface area (TPSA) is 49.8 Å². The predicted octanol–water partition coefficient (Wildman–Crippen LogP) is 2.00. The number of rotatable bonds is 4. The first-order valence-corrected chi connectivity index (χ1v) is 8.31. The molecule has 2 aliphatic rings. The van der Waals surface area contributed by atoms with Crippen molar-refractivity contribution < 1.29 is 14.6 Å². The highest BCUT2D eigenvalue weighted by Gasteiger charge is 2.31. The smallest absolute Gasteiger partial charge is 0.225 e. The molecule has 1 aromatic rings. The van der Waals surface area contributed by atoms with Crippen molar-refractivity contribution in [3.63, 3.8) is 0 Å². The molecular weight excluding hydrogens is 278 g/mol. The van der Waals surface area contributed by atoms with Crippen LogP contribution >= 0.6 is 0 Å². The fourth-order valence-corrected chi connectivity index (χ4v) is 3.59. The average Bonchev–Trinajstić information content (AvgIpc) is 3.03. The molecule has 1 aromatic carbocycles. The van der Waals surface area contributed by atoms with Gasteiger partial charge in [-0.1, -0.05) is 24.3 Å². The molecule has 120 valence electrons. The van der Waals surface area contributed by atoms with Crippen LogP contribution in [0.3, 0.4) is 0 Å². The van der Waals surface area contributed by atoms with Crippen LogP contribution in [0.25, 0.3) is 0 Å². The van der Waals surface area contributed by atoms with Gasteiger partial charge in [-0.05, 0) is 42.7 Å². The fraction of sp³-hybridized carbons (Fsp3) is 0.611. The Balaban J connectivity index is 1.54. The highest BCUT2D eigenvalue weighted by atomic mass is 16.5. The van der Waals surface area contributed by atoms with Crippen LogP contribution in [-0.4, -0.2) is 42.2 Å². The number of amides is 1. The van der Waals surface area contributed by atoms with Crippen molar-refractivity contribution in [1.29, 1.82) is 0 Å². The van der Waals surface area contributed by atoms with E-state index in [-0.39, 0.29) is 12.5 Å². The van der Waals surface area contributed by atoms with Crippen molar-refractivity contribution >= 4 is 5.91 Å². The molecular formula is C18H25NO3. The van der Waals surface area contributed by atoms with E-state index in [1.54, 1.807) is 0 Å². The Morgan fingerprint density at radius 1 is 1.23 bits per heavy atom. The quantitative estimate of drug-likeness (QED) is 0.925. The van der Waals surface area contributed by atoms with Crippen molar-refractivity contribution in [3.05, 3.63) is 35.4 Å². The number of hydrogen-bond acceptors (Lipinski definition) is 3. The molecule has 2 aliphatic heterocycles. The van der Waals surface area contributed by atoms with Gasteiger partial charge in [0, 0.05) is 32.2 Å². The molecule has 0 aliphatic carbocycles. The van der Waals surface area contributed by atoms with E-state index < -0.39 is 0 Å². The largest absolute Gasteiger partial charge is 0.392 e. The molecule has 0 aromatic heterocycles. The maximum atomic E-state index is 12.5. The second-order valence-electron chi connectivity index (χ2n) is 6.51. The third-order valence-electron chi connectivity index (χ3n) is 4.87. The van der Waals surface area contributed by atoms with Crippen molar-refractivity contribution in [2.75, 3.05) is 26.3 Å². The molecule has 0 bridgehead atoms. The Bertz CT molecular complexity index is 511. The molecule has 1 atom stereocenters. The molecule has 0 saturated carbocycles. The van der Waals surface area contributed by atoms with Crippen LogP contribution in [0.5, 0.6) is 0 Å². The summed E-state index contributed by atoms with van der Waals surface area (Å²) in [7, 11) is 0. The molecule has 0 unspecified atom stereocenters. The van der Waals surface area contributed by atoms with Gasteiger partial charge in [-0.3, -0.25) is 4.79 Å². The normalized spacial score (nSPS) is 23.0. The number of aliphatic hydroxyl groups is 1. The summed E-state index contributed by atoms with van der Waals surface area (Å²) < 4.78 is 5.34. The number of carbonyl (C=O) groups excluding carboxylic acids is 1. The van der Waals surface area contributed by atoms with Crippen LogP contribution in [0.1, 0.15) is 30.4 Å². The minimum absolute atomic E-state index is 0.0901. The second kappa shape index (κ2) is 7.25. The van der Waals surface area contributed by atoms with Crippen LogP contribution in [0.2, 0.25) is 0 Å². The zero-order valence-electron chi connectivity index (χ0n) is 13.0. The van der Waals surface area contributed by atoms with Crippen LogP contribution in [-0.2, 0) is 22.6 Å². The first kappa shape index (κ1) is 15.5. The Hall–Kier alpha value is -1.39. The summed E-state index contributed by atoms with van der Waals surface area (Å²) in [5.41, 5.74) is 2.22. The van der Waals surface area contributed by atoms with Crippen LogP contribution < -0.4 is 0 Å². The first-order chi connectivity index (χ1) is 10.8. The summed E-state index contributed by atoms with van der Waals surface area (Å²) in [6, 6.07) is 8.13. The maximum absolute atomic E-state index is 12.5. The van der Waals surface area contributed by atoms with Gasteiger partial charge in [-0.25, -0.2) is 0 Å². The molecule has 4 nitrogen and oxygen atoms in total. The van der Waals surface area contributed by atoms with Gasteiger partial charge < -0.3 is 14.7 Å². The molecule has 0 radical (unpaired) electrons. The van der Waals surface area contributed by atoms with E-state index in [1.807, 2.05) is 12.1 Å². The van der Waals surface area contributed by atoms with Gasteiger partial charge in [0.1, 0.15) is 0 Å². The van der Waals surface area contributed by atoms with Gasteiger partial charge in [0.25, 0.3) is 0 Å². The van der Waals surface area contributed by atoms with Gasteiger partial charge in [0.2, 0.25) is 5.91 Å². The monoisotopic (exact) mass is 303 g/mol. The number of ether oxygens (including phenoxy) is 1. The van der Waals surface area contributed by atoms with Gasteiger partial charge in [-0.15, -0.1) is 0 Å². The summed E-state index contributed by atoms with van der Waals surface area (Å²) in [6.45, 7) is 3.30. The van der Waals surface area contributed by atoms with E-state index in [0.29, 0.717) is 11.8 Å². The molecule has 1 N–H and O–H groups in total. The fourth-order valence-electron chi connectivity index (χ4n) is 3.59. The van der Waals surface area contributed by atoms with E-state index in [2.05, 4.69) is 17.0 Å². The lowest BCUT2D eigenvalue weighted by Crippen LogP contribution is -2.37. The predicted molar refractivity (Wildman–Crippen MR) is 84.3 cm³/mol. The maximum Gasteiger partial charge on any atom is 0.225 e. The highest BCUT2D eigenvalue weighted by Crippen LogP contribution is 2.25. The molecule has 4 heteroatoms. The summed E-state index contributed by atoms with van der Waals surface area (Å²) in [5, 5.41) is 9.22. The average molecular weight is 303 g/mol. The Morgan fingerprint density at radius 2 is 2.00 bits per heavy atom. The number of nitrogens with zero attached hydrogens (tertiary/aromatic N) is 1. The van der Waals surface area contributed by atoms with E-state index in [9.17, 15) is 9.90 Å². The third-order valence-corrected chi connectivity index (χ3v) is 4.87. The van der Waals surface area contributed by atoms with Gasteiger partial charge >= 0.3 is 0 Å². The third kappa shape index (κ3) is 3.68. The molecule has 22 heavy (non-hydrogen) atoms. The zero-order valence-corrected chi connectivity index (χ0v) is 13.0. The van der Waals surface area contributed by atoms with Crippen molar-refractivity contribution in [1.82, 2.24) is 4.90 Å². The lowest BCUT2D eigenvalue weighted by Gasteiger charge is -2.26. The van der Waals surface area contributed by atoms with Gasteiger partial charge in [-0.2, -0.15) is 0 Å². The lowest BCUT2D eigenvalue weighted by molar-refractivity contribution is -0.137. The minimum atomic E-state index is 0.0901. The number of benzene rings is 1. The van der Waals surface area contributed by atoms with Crippen LogP contribution in [0.4, 0.5) is 0 Å². The minimum Gasteiger partial charge on any atom is -0.392 e. The Kier molecular flexibility index (Phi) is 5.11. The second-order valence-corrected chi connectivity index (χ2v) is 6.51. The van der Waals surface area contributed by atoms with E-state index >= 15 is 0 Å². The van der Waals surface area contributed by atoms with Crippen LogP contribution in [0, 0.1) is 11.8 Å². The van der Waals surface area contributed by atoms with Gasteiger partial charge in [0.05, 0.1) is 6.61 Å². The van der Waals surface area contributed by atoms with Crippen LogP contribution in [0.15, 0.2) is 24.3 Å². The zero-order chi connectivity index (χ0) is 15.4. The molecule has 1 amide bonds. The lowest BCUT2D eigenvalue weighted by atomic mass is 9.97. The molecule has 2 heterocycles. The molecule has 0 spiro atoms.